The number of nitrogens with one attached hydrogen (secondary N) is 1. The maximum absolute atomic E-state index is 12.5. The fourth-order valence-electron chi connectivity index (χ4n) is 0.820. The molecule has 0 bridgehead atoms. The standard InChI is InChI=1S/C9H11ClF5NO2/c1-7(2,5(17)3-10)4-16-6(18)8(11,12)9(13,14)15/h3-4H2,1-2H3,(H,16,18). The van der Waals surface area contributed by atoms with E-state index in [1.165, 1.54) is 19.2 Å². The lowest BCUT2D eigenvalue weighted by atomic mass is 9.89. The molecule has 0 saturated heterocycles. The smallest absolute Gasteiger partial charge is 0.350 e. The van der Waals surface area contributed by atoms with Gasteiger partial charge in [-0.05, 0) is 0 Å². The van der Waals surface area contributed by atoms with Gasteiger partial charge in [0.1, 0.15) is 0 Å². The summed E-state index contributed by atoms with van der Waals surface area (Å²) >= 11 is 5.22. The highest BCUT2D eigenvalue weighted by molar-refractivity contribution is 6.28. The molecule has 106 valence electrons. The molecule has 0 aromatic rings. The van der Waals surface area contributed by atoms with E-state index in [0.29, 0.717) is 0 Å². The van der Waals surface area contributed by atoms with Gasteiger partial charge in [-0.3, -0.25) is 9.59 Å². The molecule has 0 aromatic carbocycles. The average Bonchev–Trinajstić information content (AvgIpc) is 2.22. The van der Waals surface area contributed by atoms with Gasteiger partial charge in [0.25, 0.3) is 5.91 Å². The Labute approximate surface area is 105 Å². The van der Waals surface area contributed by atoms with Gasteiger partial charge in [0.15, 0.2) is 5.78 Å². The summed E-state index contributed by atoms with van der Waals surface area (Å²) in [5, 5.41) is 1.40. The van der Waals surface area contributed by atoms with Crippen molar-refractivity contribution in [2.75, 3.05) is 12.4 Å². The molecule has 3 nitrogen and oxygen atoms in total. The largest absolute Gasteiger partial charge is 0.463 e. The summed E-state index contributed by atoms with van der Waals surface area (Å²) in [4.78, 5) is 21.9. The van der Waals surface area contributed by atoms with Crippen LogP contribution in [-0.4, -0.2) is 36.2 Å². The van der Waals surface area contributed by atoms with Crippen LogP contribution in [0.4, 0.5) is 22.0 Å². The molecule has 1 N–H and O–H groups in total. The zero-order valence-electron chi connectivity index (χ0n) is 9.50. The molecule has 18 heavy (non-hydrogen) atoms. The Hall–Kier alpha value is -0.920. The Morgan fingerprint density at radius 3 is 1.89 bits per heavy atom. The van der Waals surface area contributed by atoms with Gasteiger partial charge in [0, 0.05) is 12.0 Å². The van der Waals surface area contributed by atoms with Gasteiger partial charge in [0.05, 0.1) is 5.88 Å². The predicted molar refractivity (Wildman–Crippen MR) is 53.5 cm³/mol. The van der Waals surface area contributed by atoms with Crippen molar-refractivity contribution < 1.29 is 31.5 Å². The van der Waals surface area contributed by atoms with Crippen LogP contribution in [0.3, 0.4) is 0 Å². The van der Waals surface area contributed by atoms with E-state index in [0.717, 1.165) is 0 Å². The van der Waals surface area contributed by atoms with E-state index in [1.807, 2.05) is 0 Å². The highest BCUT2D eigenvalue weighted by Gasteiger charge is 2.63. The molecule has 0 aliphatic rings. The van der Waals surface area contributed by atoms with Gasteiger partial charge in [-0.25, -0.2) is 0 Å². The molecule has 0 spiro atoms. The number of halogens is 6. The van der Waals surface area contributed by atoms with E-state index in [2.05, 4.69) is 0 Å². The van der Waals surface area contributed by atoms with Gasteiger partial charge in [-0.15, -0.1) is 11.6 Å². The van der Waals surface area contributed by atoms with Crippen molar-refractivity contribution in [2.45, 2.75) is 25.9 Å². The summed E-state index contributed by atoms with van der Waals surface area (Å²) in [5.41, 5.74) is -1.32. The zero-order chi connectivity index (χ0) is 14.8. The lowest BCUT2D eigenvalue weighted by molar-refractivity contribution is -0.269. The van der Waals surface area contributed by atoms with Gasteiger partial charge >= 0.3 is 12.1 Å². The number of Topliss-reactive ketones (excluding diaryl/α,β-unsaturated/α-hetero) is 1. The van der Waals surface area contributed by atoms with Crippen molar-refractivity contribution in [3.05, 3.63) is 0 Å². The van der Waals surface area contributed by atoms with Crippen LogP contribution in [0.2, 0.25) is 0 Å². The third kappa shape index (κ3) is 3.79. The molecule has 9 heteroatoms. The third-order valence-electron chi connectivity index (χ3n) is 2.21. The number of hydrogen-bond acceptors (Lipinski definition) is 2. The van der Waals surface area contributed by atoms with Crippen molar-refractivity contribution in [1.29, 1.82) is 0 Å². The average molecular weight is 296 g/mol. The topological polar surface area (TPSA) is 46.2 Å². The van der Waals surface area contributed by atoms with Crippen LogP contribution < -0.4 is 5.32 Å². The van der Waals surface area contributed by atoms with Crippen LogP contribution in [-0.2, 0) is 9.59 Å². The second kappa shape index (κ2) is 5.38. The second-order valence-electron chi connectivity index (χ2n) is 4.20. The minimum atomic E-state index is -5.97. The highest BCUT2D eigenvalue weighted by atomic mass is 35.5. The van der Waals surface area contributed by atoms with Crippen LogP contribution in [0.25, 0.3) is 0 Å². The summed E-state index contributed by atoms with van der Waals surface area (Å²) < 4.78 is 60.6. The number of carbonyl (C=O) groups is 2. The molecule has 0 rings (SSSR count). The molecule has 0 aliphatic carbocycles. The molecular formula is C9H11ClF5NO2. The van der Waals surface area contributed by atoms with E-state index < -0.39 is 41.6 Å². The molecule has 0 atom stereocenters. The van der Waals surface area contributed by atoms with Gasteiger partial charge in [-0.1, -0.05) is 13.8 Å². The number of carbonyl (C=O) groups excluding carboxylic acids is 2. The fourth-order valence-corrected chi connectivity index (χ4v) is 1.18. The first-order valence-electron chi connectivity index (χ1n) is 4.68. The lowest BCUT2D eigenvalue weighted by Gasteiger charge is -2.24. The maximum atomic E-state index is 12.5. The van der Waals surface area contributed by atoms with E-state index in [1.54, 1.807) is 0 Å². The molecule has 0 saturated carbocycles. The molecule has 0 fully saturated rings. The van der Waals surface area contributed by atoms with Crippen molar-refractivity contribution in [3.63, 3.8) is 0 Å². The molecule has 1 amide bonds. The lowest BCUT2D eigenvalue weighted by Crippen LogP contribution is -2.52. The number of alkyl halides is 6. The first-order valence-corrected chi connectivity index (χ1v) is 5.22. The van der Waals surface area contributed by atoms with E-state index in [-0.39, 0.29) is 0 Å². The monoisotopic (exact) mass is 295 g/mol. The third-order valence-corrected chi connectivity index (χ3v) is 2.45. The first-order chi connectivity index (χ1) is 7.86. The summed E-state index contributed by atoms with van der Waals surface area (Å²) in [5.74, 6) is -9.00. The van der Waals surface area contributed by atoms with Crippen LogP contribution in [0.15, 0.2) is 0 Å². The normalized spacial score (nSPS) is 13.3. The van der Waals surface area contributed by atoms with Crippen molar-refractivity contribution in [2.24, 2.45) is 5.41 Å². The Morgan fingerprint density at radius 2 is 1.56 bits per heavy atom. The Bertz CT molecular complexity index is 340. The molecule has 0 unspecified atom stereocenters. The first kappa shape index (κ1) is 17.1. The molecule has 0 aromatic heterocycles. The minimum Gasteiger partial charge on any atom is -0.350 e. The quantitative estimate of drug-likeness (QED) is 0.624. The molecular weight excluding hydrogens is 285 g/mol. The van der Waals surface area contributed by atoms with Gasteiger partial charge in [-0.2, -0.15) is 22.0 Å². The zero-order valence-corrected chi connectivity index (χ0v) is 10.3. The number of amides is 1. The molecule has 0 aliphatic heterocycles. The predicted octanol–water partition coefficient (Wildman–Crippen LogP) is 2.13. The fraction of sp³-hybridized carbons (Fsp3) is 0.778. The number of ketones is 1. The van der Waals surface area contributed by atoms with Crippen molar-refractivity contribution in [1.82, 2.24) is 5.32 Å². The summed E-state index contributed by atoms with van der Waals surface area (Å²) in [6.45, 7) is 1.87. The Kier molecular flexibility index (Phi) is 5.10. The summed E-state index contributed by atoms with van der Waals surface area (Å²) in [6.07, 6.45) is -5.97. The number of hydrogen-bond donors (Lipinski definition) is 1. The summed E-state index contributed by atoms with van der Waals surface area (Å²) in [6, 6.07) is 0. The Balaban J connectivity index is 4.67. The van der Waals surface area contributed by atoms with Crippen LogP contribution in [0, 0.1) is 5.41 Å². The maximum Gasteiger partial charge on any atom is 0.463 e. The van der Waals surface area contributed by atoms with Gasteiger partial charge < -0.3 is 5.32 Å². The Morgan fingerprint density at radius 1 is 1.11 bits per heavy atom. The second-order valence-corrected chi connectivity index (χ2v) is 4.46. The van der Waals surface area contributed by atoms with Crippen molar-refractivity contribution >= 4 is 23.3 Å². The van der Waals surface area contributed by atoms with E-state index >= 15 is 0 Å². The SMILES string of the molecule is CC(C)(CNC(=O)C(F)(F)C(F)(F)F)C(=O)CCl. The highest BCUT2D eigenvalue weighted by Crippen LogP contribution is 2.35. The van der Waals surface area contributed by atoms with Gasteiger partial charge in [0.2, 0.25) is 0 Å². The van der Waals surface area contributed by atoms with Crippen LogP contribution >= 0.6 is 11.6 Å². The molecule has 0 radical (unpaired) electrons. The van der Waals surface area contributed by atoms with E-state index in [4.69, 9.17) is 11.6 Å². The number of rotatable bonds is 5. The molecule has 0 heterocycles. The summed E-state index contributed by atoms with van der Waals surface area (Å²) in [7, 11) is 0. The van der Waals surface area contributed by atoms with Crippen LogP contribution in [0.1, 0.15) is 13.8 Å². The minimum absolute atomic E-state index is 0.432. The van der Waals surface area contributed by atoms with Crippen LogP contribution in [0.5, 0.6) is 0 Å². The van der Waals surface area contributed by atoms with E-state index in [9.17, 15) is 31.5 Å². The van der Waals surface area contributed by atoms with Crippen molar-refractivity contribution in [3.8, 4) is 0 Å².